The number of aromatic nitrogens is 2. The zero-order valence-corrected chi connectivity index (χ0v) is 19.3. The van der Waals surface area contributed by atoms with Gasteiger partial charge in [0.2, 0.25) is 11.9 Å². The van der Waals surface area contributed by atoms with E-state index < -0.39 is 23.4 Å². The van der Waals surface area contributed by atoms with Crippen LogP contribution in [0.5, 0.6) is 0 Å². The molecule has 1 N–H and O–H groups in total. The van der Waals surface area contributed by atoms with Gasteiger partial charge in [0.15, 0.2) is 0 Å². The van der Waals surface area contributed by atoms with E-state index in [0.717, 1.165) is 12.1 Å². The summed E-state index contributed by atoms with van der Waals surface area (Å²) in [5, 5.41) is 4.52. The van der Waals surface area contributed by atoms with Crippen LogP contribution in [0.2, 0.25) is 0 Å². The zero-order valence-electron chi connectivity index (χ0n) is 18.5. The van der Waals surface area contributed by atoms with E-state index in [9.17, 15) is 22.8 Å². The first kappa shape index (κ1) is 23.1. The van der Waals surface area contributed by atoms with Gasteiger partial charge in [0.1, 0.15) is 22.2 Å². The van der Waals surface area contributed by atoms with E-state index in [4.69, 9.17) is 4.98 Å². The molecule has 3 heterocycles. The Hall–Kier alpha value is -3.66. The monoisotopic (exact) mass is 498 g/mol. The molecule has 1 fully saturated rings. The summed E-state index contributed by atoms with van der Waals surface area (Å²) in [7, 11) is 0. The standard InChI is InChI=1S/C25H21F3N4O2S/c26-17-5-7-19(8-6-17)32-24(34)22-21(9-11-35-22)30-25(32)31-10-1-2-16(14-31)23(33)29-13-15-3-4-18(27)12-20(15)28/h3-9,11-12,16H,1-2,10,13-14H2,(H,29,33)/t16-/m1/s1. The van der Waals surface area contributed by atoms with Gasteiger partial charge in [-0.05, 0) is 54.6 Å². The predicted molar refractivity (Wildman–Crippen MR) is 128 cm³/mol. The maximum absolute atomic E-state index is 13.9. The van der Waals surface area contributed by atoms with Gasteiger partial charge >= 0.3 is 0 Å². The third-order valence-corrected chi connectivity index (χ3v) is 6.98. The molecule has 180 valence electrons. The van der Waals surface area contributed by atoms with Gasteiger partial charge in [-0.15, -0.1) is 11.3 Å². The largest absolute Gasteiger partial charge is 0.352 e. The number of anilines is 1. The van der Waals surface area contributed by atoms with Crippen LogP contribution < -0.4 is 15.8 Å². The molecule has 2 aromatic carbocycles. The molecule has 1 atom stereocenters. The molecule has 0 unspecified atom stereocenters. The number of nitrogens with zero attached hydrogens (tertiary/aromatic N) is 3. The lowest BCUT2D eigenvalue weighted by molar-refractivity contribution is -0.125. The number of hydrogen-bond acceptors (Lipinski definition) is 5. The molecule has 1 aliphatic rings. The van der Waals surface area contributed by atoms with Gasteiger partial charge in [0.25, 0.3) is 5.56 Å². The van der Waals surface area contributed by atoms with Crippen LogP contribution in [0.4, 0.5) is 19.1 Å². The number of carbonyl (C=O) groups is 1. The molecule has 0 spiro atoms. The van der Waals surface area contributed by atoms with Crippen LogP contribution in [0, 0.1) is 23.4 Å². The van der Waals surface area contributed by atoms with Crippen LogP contribution in [0.1, 0.15) is 18.4 Å². The van der Waals surface area contributed by atoms with E-state index in [2.05, 4.69) is 5.32 Å². The van der Waals surface area contributed by atoms with Crippen molar-refractivity contribution in [1.82, 2.24) is 14.9 Å². The number of fused-ring (bicyclic) bond motifs is 1. The Morgan fingerprint density at radius 3 is 2.63 bits per heavy atom. The number of nitrogens with one attached hydrogen (secondary N) is 1. The normalized spacial score (nSPS) is 16.0. The number of rotatable bonds is 5. The number of thiophene rings is 1. The van der Waals surface area contributed by atoms with Crippen molar-refractivity contribution in [1.29, 1.82) is 0 Å². The second-order valence-electron chi connectivity index (χ2n) is 8.40. The minimum atomic E-state index is -0.716. The minimum Gasteiger partial charge on any atom is -0.352 e. The Kier molecular flexibility index (Phi) is 6.29. The second-order valence-corrected chi connectivity index (χ2v) is 9.32. The van der Waals surface area contributed by atoms with Crippen molar-refractivity contribution in [2.24, 2.45) is 5.92 Å². The number of piperidine rings is 1. The summed E-state index contributed by atoms with van der Waals surface area (Å²) in [6.07, 6.45) is 1.31. The van der Waals surface area contributed by atoms with Crippen LogP contribution in [0.25, 0.3) is 15.9 Å². The van der Waals surface area contributed by atoms with Crippen LogP contribution in [-0.2, 0) is 11.3 Å². The van der Waals surface area contributed by atoms with Crippen molar-refractivity contribution >= 4 is 33.4 Å². The highest BCUT2D eigenvalue weighted by molar-refractivity contribution is 7.17. The SMILES string of the molecule is O=C(NCc1ccc(F)cc1F)[C@@H]1CCCN(c2nc3ccsc3c(=O)n2-c2ccc(F)cc2)C1. The van der Waals surface area contributed by atoms with Crippen LogP contribution in [0.3, 0.4) is 0 Å². The van der Waals surface area contributed by atoms with E-state index in [1.165, 1.54) is 46.2 Å². The van der Waals surface area contributed by atoms with E-state index in [-0.39, 0.29) is 23.6 Å². The van der Waals surface area contributed by atoms with Crippen molar-refractivity contribution in [2.75, 3.05) is 18.0 Å². The molecule has 1 aliphatic heterocycles. The molecule has 0 bridgehead atoms. The lowest BCUT2D eigenvalue weighted by Gasteiger charge is -2.34. The Balaban J connectivity index is 1.42. The molecule has 1 amide bonds. The number of hydrogen-bond donors (Lipinski definition) is 1. The predicted octanol–water partition coefficient (Wildman–Crippen LogP) is 4.40. The first-order chi connectivity index (χ1) is 16.9. The first-order valence-corrected chi connectivity index (χ1v) is 12.0. The van der Waals surface area contributed by atoms with Gasteiger partial charge in [-0.3, -0.25) is 9.59 Å². The number of benzene rings is 2. The summed E-state index contributed by atoms with van der Waals surface area (Å²) < 4.78 is 42.6. The maximum atomic E-state index is 13.9. The van der Waals surface area contributed by atoms with Gasteiger partial charge in [-0.1, -0.05) is 6.07 Å². The van der Waals surface area contributed by atoms with Crippen LogP contribution in [0.15, 0.2) is 58.7 Å². The molecular formula is C25H21F3N4O2S. The highest BCUT2D eigenvalue weighted by Crippen LogP contribution is 2.27. The fourth-order valence-corrected chi connectivity index (χ4v) is 5.06. The van der Waals surface area contributed by atoms with Crippen molar-refractivity contribution in [3.8, 4) is 5.69 Å². The van der Waals surface area contributed by atoms with E-state index >= 15 is 0 Å². The summed E-state index contributed by atoms with van der Waals surface area (Å²) in [5.74, 6) is -2.10. The molecule has 35 heavy (non-hydrogen) atoms. The quantitative estimate of drug-likeness (QED) is 0.443. The third kappa shape index (κ3) is 4.66. The topological polar surface area (TPSA) is 67.2 Å². The molecule has 1 saturated heterocycles. The number of amides is 1. The van der Waals surface area contributed by atoms with Crippen molar-refractivity contribution in [2.45, 2.75) is 19.4 Å². The Morgan fingerprint density at radius 1 is 1.09 bits per heavy atom. The number of carbonyl (C=O) groups excluding carboxylic acids is 1. The van der Waals surface area contributed by atoms with E-state index in [1.54, 1.807) is 11.4 Å². The molecule has 5 rings (SSSR count). The van der Waals surface area contributed by atoms with Crippen molar-refractivity contribution in [3.63, 3.8) is 0 Å². The van der Waals surface area contributed by atoms with E-state index in [1.807, 2.05) is 4.90 Å². The second kappa shape index (κ2) is 9.53. The highest BCUT2D eigenvalue weighted by atomic mass is 32.1. The average Bonchev–Trinajstić information content (AvgIpc) is 3.33. The number of halogens is 3. The third-order valence-electron chi connectivity index (χ3n) is 6.09. The summed E-state index contributed by atoms with van der Waals surface area (Å²) >= 11 is 1.29. The summed E-state index contributed by atoms with van der Waals surface area (Å²) in [4.78, 5) is 32.8. The fraction of sp³-hybridized carbons (Fsp3) is 0.240. The molecular weight excluding hydrogens is 477 g/mol. The molecule has 0 aliphatic carbocycles. The molecule has 2 aromatic heterocycles. The van der Waals surface area contributed by atoms with Crippen molar-refractivity contribution < 1.29 is 18.0 Å². The van der Waals surface area contributed by atoms with Crippen LogP contribution in [-0.4, -0.2) is 28.5 Å². The lowest BCUT2D eigenvalue weighted by Crippen LogP contribution is -2.45. The van der Waals surface area contributed by atoms with Gasteiger partial charge < -0.3 is 10.2 Å². The Labute approximate surface area is 202 Å². The van der Waals surface area contributed by atoms with Gasteiger partial charge in [-0.2, -0.15) is 0 Å². The van der Waals surface area contributed by atoms with Gasteiger partial charge in [0, 0.05) is 31.3 Å². The molecule has 0 saturated carbocycles. The zero-order chi connectivity index (χ0) is 24.5. The summed E-state index contributed by atoms with van der Waals surface area (Å²) in [6, 6.07) is 10.6. The Morgan fingerprint density at radius 2 is 1.86 bits per heavy atom. The lowest BCUT2D eigenvalue weighted by atomic mass is 9.97. The molecule has 4 aromatic rings. The van der Waals surface area contributed by atoms with Crippen LogP contribution >= 0.6 is 11.3 Å². The Bertz CT molecular complexity index is 1450. The smallest absolute Gasteiger partial charge is 0.277 e. The van der Waals surface area contributed by atoms with E-state index in [0.29, 0.717) is 47.8 Å². The molecule has 0 radical (unpaired) electrons. The maximum Gasteiger partial charge on any atom is 0.277 e. The average molecular weight is 499 g/mol. The minimum absolute atomic E-state index is 0.0547. The first-order valence-electron chi connectivity index (χ1n) is 11.1. The molecule has 6 nitrogen and oxygen atoms in total. The highest BCUT2D eigenvalue weighted by Gasteiger charge is 2.29. The summed E-state index contributed by atoms with van der Waals surface area (Å²) in [5.41, 5.74) is 0.978. The fourth-order valence-electron chi connectivity index (χ4n) is 4.30. The van der Waals surface area contributed by atoms with Gasteiger partial charge in [0.05, 0.1) is 17.1 Å². The molecule has 10 heteroatoms. The van der Waals surface area contributed by atoms with Crippen molar-refractivity contribution in [3.05, 3.63) is 87.3 Å². The van der Waals surface area contributed by atoms with Gasteiger partial charge in [-0.25, -0.2) is 22.7 Å². The summed E-state index contributed by atoms with van der Waals surface area (Å²) in [6.45, 7) is 0.835.